The molecule has 1 aliphatic heterocycles. The van der Waals surface area contributed by atoms with E-state index >= 15 is 0 Å². The summed E-state index contributed by atoms with van der Waals surface area (Å²) in [6, 6.07) is 10.5. The Kier molecular flexibility index (Phi) is 5.60. The molecule has 2 amide bonds. The van der Waals surface area contributed by atoms with Crippen molar-refractivity contribution in [3.8, 4) is 11.5 Å². The summed E-state index contributed by atoms with van der Waals surface area (Å²) in [5, 5.41) is 11.4. The van der Waals surface area contributed by atoms with Crippen LogP contribution in [-0.4, -0.2) is 42.2 Å². The second-order valence-electron chi connectivity index (χ2n) is 5.92. The molecule has 1 aliphatic rings. The van der Waals surface area contributed by atoms with Gasteiger partial charge in [-0.3, -0.25) is 19.8 Å². The van der Waals surface area contributed by atoms with Gasteiger partial charge in [-0.05, 0) is 60.3 Å². The lowest BCUT2D eigenvalue weighted by Gasteiger charge is -2.29. The molecule has 0 spiro atoms. The monoisotopic (exact) mass is 412 g/mol. The van der Waals surface area contributed by atoms with E-state index in [2.05, 4.69) is 5.32 Å². The van der Waals surface area contributed by atoms with Crippen LogP contribution in [-0.2, 0) is 9.59 Å². The van der Waals surface area contributed by atoms with Gasteiger partial charge in [0.2, 0.25) is 0 Å². The topological polar surface area (TPSA) is 105 Å². The van der Waals surface area contributed by atoms with Gasteiger partial charge in [0.05, 0.1) is 25.5 Å². The van der Waals surface area contributed by atoms with Gasteiger partial charge in [-0.15, -0.1) is 0 Å². The molecular formula is C20H16N2O6S. The summed E-state index contributed by atoms with van der Waals surface area (Å²) in [6.07, 6.45) is 1.42. The molecule has 0 radical (unpaired) electrons. The maximum absolute atomic E-state index is 13.0. The molecular weight excluding hydrogens is 396 g/mol. The van der Waals surface area contributed by atoms with Crippen molar-refractivity contribution in [2.45, 2.75) is 0 Å². The lowest BCUT2D eigenvalue weighted by molar-refractivity contribution is -0.122. The molecule has 0 saturated carbocycles. The van der Waals surface area contributed by atoms with Crippen LogP contribution < -0.4 is 19.7 Å². The maximum atomic E-state index is 13.0. The Morgan fingerprint density at radius 2 is 1.72 bits per heavy atom. The normalized spacial score (nSPS) is 15.3. The first-order valence-electron chi connectivity index (χ1n) is 8.32. The number of nitrogens with zero attached hydrogens (tertiary/aromatic N) is 1. The minimum absolute atomic E-state index is 0.0641. The van der Waals surface area contributed by atoms with Crippen molar-refractivity contribution in [2.75, 3.05) is 19.1 Å². The zero-order valence-corrected chi connectivity index (χ0v) is 16.3. The fourth-order valence-corrected chi connectivity index (χ4v) is 3.04. The molecule has 3 rings (SSSR count). The Balaban J connectivity index is 1.98. The van der Waals surface area contributed by atoms with E-state index in [0.717, 1.165) is 4.90 Å². The van der Waals surface area contributed by atoms with Crippen molar-refractivity contribution in [2.24, 2.45) is 0 Å². The van der Waals surface area contributed by atoms with Gasteiger partial charge in [-0.25, -0.2) is 4.79 Å². The number of rotatable bonds is 5. The van der Waals surface area contributed by atoms with Gasteiger partial charge in [0, 0.05) is 0 Å². The van der Waals surface area contributed by atoms with Gasteiger partial charge in [-0.2, -0.15) is 0 Å². The third kappa shape index (κ3) is 3.94. The second-order valence-corrected chi connectivity index (χ2v) is 6.31. The summed E-state index contributed by atoms with van der Waals surface area (Å²) in [6.45, 7) is 0. The largest absolute Gasteiger partial charge is 0.493 e. The van der Waals surface area contributed by atoms with Gasteiger partial charge in [-0.1, -0.05) is 6.07 Å². The molecule has 148 valence electrons. The van der Waals surface area contributed by atoms with E-state index in [1.807, 2.05) is 0 Å². The number of carbonyl (C=O) groups excluding carboxylic acids is 2. The number of hydrogen-bond acceptors (Lipinski definition) is 6. The quantitative estimate of drug-likeness (QED) is 0.441. The first-order chi connectivity index (χ1) is 13.8. The lowest BCUT2D eigenvalue weighted by atomic mass is 10.1. The molecule has 0 atom stereocenters. The fourth-order valence-electron chi connectivity index (χ4n) is 2.75. The van der Waals surface area contributed by atoms with Gasteiger partial charge in [0.25, 0.3) is 11.8 Å². The van der Waals surface area contributed by atoms with Crippen LogP contribution in [0.3, 0.4) is 0 Å². The maximum Gasteiger partial charge on any atom is 0.335 e. The molecule has 29 heavy (non-hydrogen) atoms. The van der Waals surface area contributed by atoms with E-state index in [0.29, 0.717) is 22.7 Å². The van der Waals surface area contributed by atoms with Crippen molar-refractivity contribution in [1.29, 1.82) is 0 Å². The van der Waals surface area contributed by atoms with Crippen LogP contribution >= 0.6 is 12.2 Å². The van der Waals surface area contributed by atoms with Crippen LogP contribution in [0.5, 0.6) is 11.5 Å². The smallest absolute Gasteiger partial charge is 0.335 e. The van der Waals surface area contributed by atoms with Crippen molar-refractivity contribution in [3.63, 3.8) is 0 Å². The first kappa shape index (κ1) is 20.0. The van der Waals surface area contributed by atoms with E-state index in [1.54, 1.807) is 18.2 Å². The van der Waals surface area contributed by atoms with Crippen molar-refractivity contribution in [3.05, 3.63) is 59.2 Å². The summed E-state index contributed by atoms with van der Waals surface area (Å²) in [5.41, 5.74) is 0.820. The molecule has 2 aromatic rings. The molecule has 1 heterocycles. The molecule has 0 aliphatic carbocycles. The Morgan fingerprint density at radius 1 is 1.07 bits per heavy atom. The highest BCUT2D eigenvalue weighted by atomic mass is 32.1. The van der Waals surface area contributed by atoms with E-state index < -0.39 is 17.8 Å². The van der Waals surface area contributed by atoms with Crippen LogP contribution in [0.1, 0.15) is 15.9 Å². The number of amides is 2. The molecule has 2 N–H and O–H groups in total. The Labute approximate surface area is 171 Å². The van der Waals surface area contributed by atoms with Crippen molar-refractivity contribution < 1.29 is 29.0 Å². The molecule has 0 aromatic heterocycles. The number of hydrogen-bond donors (Lipinski definition) is 2. The van der Waals surface area contributed by atoms with Gasteiger partial charge in [0.15, 0.2) is 16.6 Å². The second kappa shape index (κ2) is 8.11. The number of methoxy groups -OCH3 is 2. The molecule has 0 unspecified atom stereocenters. The molecule has 2 aromatic carbocycles. The SMILES string of the molecule is COc1ccc(C=C2C(=O)NC(=S)N(c3ccc(C(=O)O)cc3)C2=O)cc1OC. The molecule has 0 bridgehead atoms. The highest BCUT2D eigenvalue weighted by Gasteiger charge is 2.34. The third-order valence-corrected chi connectivity index (χ3v) is 4.48. The Morgan fingerprint density at radius 3 is 2.31 bits per heavy atom. The molecule has 9 heteroatoms. The number of aromatic carboxylic acids is 1. The van der Waals surface area contributed by atoms with Crippen LogP contribution in [0.2, 0.25) is 0 Å². The predicted molar refractivity (Wildman–Crippen MR) is 109 cm³/mol. The number of ether oxygens (including phenoxy) is 2. The average Bonchev–Trinajstić information content (AvgIpc) is 2.71. The standard InChI is InChI=1S/C20H16N2O6S/c1-27-15-8-3-11(10-16(15)28-2)9-14-17(23)21-20(29)22(18(14)24)13-6-4-12(5-7-13)19(25)26/h3-10H,1-2H3,(H,25,26)(H,21,23,29). The minimum atomic E-state index is -1.09. The van der Waals surface area contributed by atoms with Gasteiger partial charge >= 0.3 is 5.97 Å². The van der Waals surface area contributed by atoms with E-state index in [-0.39, 0.29) is 16.2 Å². The first-order valence-corrected chi connectivity index (χ1v) is 8.73. The number of benzene rings is 2. The van der Waals surface area contributed by atoms with Crippen LogP contribution in [0, 0.1) is 0 Å². The van der Waals surface area contributed by atoms with Gasteiger partial charge in [0.1, 0.15) is 5.57 Å². The Hall–Kier alpha value is -3.72. The summed E-state index contributed by atoms with van der Waals surface area (Å²) >= 11 is 5.13. The number of anilines is 1. The zero-order valence-electron chi connectivity index (χ0n) is 15.5. The number of carboxylic acid groups (broad SMARTS) is 1. The van der Waals surface area contributed by atoms with E-state index in [1.165, 1.54) is 44.6 Å². The Bertz CT molecular complexity index is 1050. The van der Waals surface area contributed by atoms with Crippen LogP contribution in [0.25, 0.3) is 6.08 Å². The average molecular weight is 412 g/mol. The molecule has 8 nitrogen and oxygen atoms in total. The number of carbonyl (C=O) groups is 3. The summed E-state index contributed by atoms with van der Waals surface area (Å²) in [4.78, 5) is 37.5. The molecule has 1 saturated heterocycles. The van der Waals surface area contributed by atoms with E-state index in [9.17, 15) is 14.4 Å². The third-order valence-electron chi connectivity index (χ3n) is 4.19. The highest BCUT2D eigenvalue weighted by Crippen LogP contribution is 2.29. The summed E-state index contributed by atoms with van der Waals surface area (Å²) in [5.74, 6) is -1.39. The number of thiocarbonyl (C=S) groups is 1. The summed E-state index contributed by atoms with van der Waals surface area (Å²) in [7, 11) is 2.98. The van der Waals surface area contributed by atoms with Crippen molar-refractivity contribution >= 4 is 46.9 Å². The summed E-state index contributed by atoms with van der Waals surface area (Å²) < 4.78 is 10.4. The highest BCUT2D eigenvalue weighted by molar-refractivity contribution is 7.80. The van der Waals surface area contributed by atoms with Crippen LogP contribution in [0.15, 0.2) is 48.0 Å². The van der Waals surface area contributed by atoms with E-state index in [4.69, 9.17) is 26.8 Å². The zero-order chi connectivity index (χ0) is 21.1. The number of carboxylic acids is 1. The number of nitrogens with one attached hydrogen (secondary N) is 1. The minimum Gasteiger partial charge on any atom is -0.493 e. The van der Waals surface area contributed by atoms with Gasteiger partial charge < -0.3 is 14.6 Å². The predicted octanol–water partition coefficient (Wildman–Crippen LogP) is 2.23. The van der Waals surface area contributed by atoms with Crippen molar-refractivity contribution in [1.82, 2.24) is 5.32 Å². The van der Waals surface area contributed by atoms with Crippen LogP contribution in [0.4, 0.5) is 5.69 Å². The fraction of sp³-hybridized carbons (Fsp3) is 0.100. The molecule has 1 fully saturated rings. The lowest BCUT2D eigenvalue weighted by Crippen LogP contribution is -2.54.